The number of H-pyrrole nitrogens is 1. The average molecular weight is 399 g/mol. The van der Waals surface area contributed by atoms with Crippen molar-refractivity contribution in [1.82, 2.24) is 20.0 Å². The second-order valence-electron chi connectivity index (χ2n) is 8.20. The lowest BCUT2D eigenvalue weighted by Crippen LogP contribution is -2.43. The van der Waals surface area contributed by atoms with Crippen molar-refractivity contribution >= 4 is 0 Å². The number of likely N-dealkylation sites (tertiary alicyclic amines) is 1. The summed E-state index contributed by atoms with van der Waals surface area (Å²) < 4.78 is 16.5. The fourth-order valence-corrected chi connectivity index (χ4v) is 4.70. The largest absolute Gasteiger partial charge is 0.454 e. The number of nitrogens with zero attached hydrogens (tertiary/aromatic N) is 3. The predicted octanol–water partition coefficient (Wildman–Crippen LogP) is 2.88. The number of hydrogen-bond acceptors (Lipinski definition) is 6. The van der Waals surface area contributed by atoms with Gasteiger partial charge in [0.25, 0.3) is 0 Å². The first kappa shape index (κ1) is 18.9. The minimum Gasteiger partial charge on any atom is -0.454 e. The van der Waals surface area contributed by atoms with Crippen LogP contribution >= 0.6 is 0 Å². The second-order valence-corrected chi connectivity index (χ2v) is 8.20. The topological polar surface area (TPSA) is 62.9 Å². The van der Waals surface area contributed by atoms with Crippen LogP contribution in [0.2, 0.25) is 0 Å². The number of fused-ring (bicyclic) bond motifs is 1. The molecular formula is C22H30N4O3. The Morgan fingerprint density at radius 1 is 1.07 bits per heavy atom. The van der Waals surface area contributed by atoms with Crippen LogP contribution < -0.4 is 9.47 Å². The molecule has 0 saturated carbocycles. The van der Waals surface area contributed by atoms with Crippen LogP contribution in [0.25, 0.3) is 11.3 Å². The highest BCUT2D eigenvalue weighted by atomic mass is 16.7. The van der Waals surface area contributed by atoms with Crippen molar-refractivity contribution < 1.29 is 14.2 Å². The van der Waals surface area contributed by atoms with Gasteiger partial charge < -0.3 is 14.2 Å². The highest BCUT2D eigenvalue weighted by molar-refractivity contribution is 5.66. The van der Waals surface area contributed by atoms with Crippen LogP contribution in [0.5, 0.6) is 11.5 Å². The van der Waals surface area contributed by atoms with Crippen molar-refractivity contribution in [1.29, 1.82) is 0 Å². The molecular weight excluding hydrogens is 368 g/mol. The van der Waals surface area contributed by atoms with Crippen molar-refractivity contribution in [3.8, 4) is 22.8 Å². The summed E-state index contributed by atoms with van der Waals surface area (Å²) in [6, 6.07) is 6.75. The van der Waals surface area contributed by atoms with Crippen molar-refractivity contribution in [3.63, 3.8) is 0 Å². The van der Waals surface area contributed by atoms with Crippen LogP contribution in [0, 0.1) is 0 Å². The Hall–Kier alpha value is -2.09. The fraction of sp³-hybridized carbons (Fsp3) is 0.591. The van der Waals surface area contributed by atoms with Gasteiger partial charge in [-0.15, -0.1) is 0 Å². The van der Waals surface area contributed by atoms with E-state index in [1.807, 2.05) is 18.3 Å². The highest BCUT2D eigenvalue weighted by Gasteiger charge is 2.25. The molecule has 0 bridgehead atoms. The van der Waals surface area contributed by atoms with Gasteiger partial charge in [-0.2, -0.15) is 5.10 Å². The zero-order valence-corrected chi connectivity index (χ0v) is 16.9. The number of ether oxygens (including phenoxy) is 3. The third-order valence-electron chi connectivity index (χ3n) is 6.38. The quantitative estimate of drug-likeness (QED) is 0.807. The van der Waals surface area contributed by atoms with E-state index in [9.17, 15) is 0 Å². The van der Waals surface area contributed by atoms with E-state index in [-0.39, 0.29) is 0 Å². The summed E-state index contributed by atoms with van der Waals surface area (Å²) in [7, 11) is 0. The fourth-order valence-electron chi connectivity index (χ4n) is 4.70. The monoisotopic (exact) mass is 398 g/mol. The van der Waals surface area contributed by atoms with Crippen molar-refractivity contribution in [2.24, 2.45) is 0 Å². The van der Waals surface area contributed by atoms with Crippen LogP contribution in [0.4, 0.5) is 0 Å². The Kier molecular flexibility index (Phi) is 5.69. The zero-order valence-electron chi connectivity index (χ0n) is 16.9. The van der Waals surface area contributed by atoms with Gasteiger partial charge in [-0.1, -0.05) is 6.42 Å². The maximum absolute atomic E-state index is 5.55. The molecule has 1 aromatic carbocycles. The molecule has 2 fully saturated rings. The Morgan fingerprint density at radius 2 is 1.97 bits per heavy atom. The van der Waals surface area contributed by atoms with E-state index in [0.29, 0.717) is 12.8 Å². The Morgan fingerprint density at radius 3 is 2.90 bits per heavy atom. The minimum absolute atomic E-state index is 0.299. The molecule has 2 saturated heterocycles. The number of rotatable bonds is 6. The molecule has 1 N–H and O–H groups in total. The Labute approximate surface area is 171 Å². The van der Waals surface area contributed by atoms with Gasteiger partial charge in [-0.3, -0.25) is 14.9 Å². The van der Waals surface area contributed by atoms with E-state index in [1.54, 1.807) is 0 Å². The molecule has 156 valence electrons. The van der Waals surface area contributed by atoms with Gasteiger partial charge in [-0.05, 0) is 50.6 Å². The minimum atomic E-state index is 0.299. The van der Waals surface area contributed by atoms with E-state index >= 15 is 0 Å². The number of hydrogen-bond donors (Lipinski definition) is 1. The first-order valence-electron chi connectivity index (χ1n) is 10.8. The van der Waals surface area contributed by atoms with Gasteiger partial charge in [0.05, 0.1) is 25.1 Å². The molecule has 1 unspecified atom stereocenters. The molecule has 29 heavy (non-hydrogen) atoms. The molecule has 2 aromatic rings. The lowest BCUT2D eigenvalue weighted by atomic mass is 9.97. The van der Waals surface area contributed by atoms with Crippen molar-refractivity contribution in [3.05, 3.63) is 30.0 Å². The third-order valence-corrected chi connectivity index (χ3v) is 6.38. The van der Waals surface area contributed by atoms with E-state index in [1.165, 1.54) is 44.3 Å². The molecule has 7 nitrogen and oxygen atoms in total. The lowest BCUT2D eigenvalue weighted by molar-refractivity contribution is 0.0302. The first-order valence-corrected chi connectivity index (χ1v) is 10.8. The summed E-state index contributed by atoms with van der Waals surface area (Å²) in [5, 5.41) is 7.56. The third kappa shape index (κ3) is 4.27. The van der Waals surface area contributed by atoms with E-state index in [0.717, 1.165) is 55.6 Å². The predicted molar refractivity (Wildman–Crippen MR) is 110 cm³/mol. The van der Waals surface area contributed by atoms with Gasteiger partial charge in [0.15, 0.2) is 11.5 Å². The molecule has 0 radical (unpaired) electrons. The highest BCUT2D eigenvalue weighted by Crippen LogP contribution is 2.36. The van der Waals surface area contributed by atoms with Gasteiger partial charge in [-0.25, -0.2) is 0 Å². The summed E-state index contributed by atoms with van der Waals surface area (Å²) in [6.45, 7) is 7.47. The number of morpholine rings is 1. The van der Waals surface area contributed by atoms with Gasteiger partial charge in [0.2, 0.25) is 6.79 Å². The van der Waals surface area contributed by atoms with Crippen molar-refractivity contribution in [2.45, 2.75) is 38.3 Å². The van der Waals surface area contributed by atoms with Crippen LogP contribution in [-0.4, -0.2) is 72.2 Å². The maximum Gasteiger partial charge on any atom is 0.231 e. The number of nitrogens with one attached hydrogen (secondary N) is 1. The summed E-state index contributed by atoms with van der Waals surface area (Å²) in [5.74, 6) is 1.62. The second kappa shape index (κ2) is 8.73. The lowest BCUT2D eigenvalue weighted by Gasteiger charge is -2.37. The Balaban J connectivity index is 1.27. The van der Waals surface area contributed by atoms with E-state index in [4.69, 9.17) is 14.2 Å². The molecule has 0 amide bonds. The number of benzene rings is 1. The summed E-state index contributed by atoms with van der Waals surface area (Å²) in [5.41, 5.74) is 3.44. The molecule has 3 aliphatic rings. The normalized spacial score (nSPS) is 22.8. The van der Waals surface area contributed by atoms with Crippen LogP contribution in [0.3, 0.4) is 0 Å². The molecule has 5 rings (SSSR count). The summed E-state index contributed by atoms with van der Waals surface area (Å²) >= 11 is 0. The van der Waals surface area contributed by atoms with Crippen LogP contribution in [-0.2, 0) is 11.3 Å². The molecule has 1 aromatic heterocycles. The average Bonchev–Trinajstić information content (AvgIpc) is 3.42. The standard InChI is InChI=1S/C22H30N4O3/c1-2-7-26(19(3-1)6-8-25-9-11-27-12-10-25)15-18-14-23-24-22(18)17-4-5-20-21(13-17)29-16-28-20/h4-5,13-14,19H,1-3,6-12,15-16H2,(H,23,24). The van der Waals surface area contributed by atoms with E-state index < -0.39 is 0 Å². The van der Waals surface area contributed by atoms with Gasteiger partial charge >= 0.3 is 0 Å². The molecule has 1 atom stereocenters. The van der Waals surface area contributed by atoms with Crippen molar-refractivity contribution in [2.75, 3.05) is 46.2 Å². The molecule has 0 spiro atoms. The maximum atomic E-state index is 5.55. The van der Waals surface area contributed by atoms with Gasteiger partial charge in [0.1, 0.15) is 0 Å². The molecule has 7 heteroatoms. The number of aromatic nitrogens is 2. The summed E-state index contributed by atoms with van der Waals surface area (Å²) in [6.07, 6.45) is 7.13. The Bertz CT molecular complexity index is 818. The van der Waals surface area contributed by atoms with Crippen LogP contribution in [0.15, 0.2) is 24.4 Å². The molecule has 0 aliphatic carbocycles. The van der Waals surface area contributed by atoms with E-state index in [2.05, 4.69) is 26.1 Å². The zero-order chi connectivity index (χ0) is 19.5. The molecule has 3 aliphatic heterocycles. The summed E-state index contributed by atoms with van der Waals surface area (Å²) in [4.78, 5) is 5.21. The SMILES string of the molecule is c1cc2c(cc1-c1[nH]ncc1CN1CCCCC1CCN1CCOCC1)OCO2. The molecule has 4 heterocycles. The number of aromatic amines is 1. The number of piperidine rings is 1. The van der Waals surface area contributed by atoms with Gasteiger partial charge in [0, 0.05) is 36.8 Å². The smallest absolute Gasteiger partial charge is 0.231 e. The first-order chi connectivity index (χ1) is 14.4. The van der Waals surface area contributed by atoms with Crippen LogP contribution in [0.1, 0.15) is 31.2 Å².